The maximum Gasteiger partial charge on any atom is 0.230 e. The van der Waals surface area contributed by atoms with Gasteiger partial charge in [0.2, 0.25) is 5.91 Å². The highest BCUT2D eigenvalue weighted by molar-refractivity contribution is 5.84. The molecule has 22 heavy (non-hydrogen) atoms. The first kappa shape index (κ1) is 14.8. The number of hydrogen-bond acceptors (Lipinski definition) is 2. The molecule has 3 heteroatoms. The van der Waals surface area contributed by atoms with Crippen molar-refractivity contribution >= 4 is 5.91 Å². The second kappa shape index (κ2) is 6.30. The molecule has 1 aromatic carbocycles. The highest BCUT2D eigenvalue weighted by Gasteiger charge is 2.30. The van der Waals surface area contributed by atoms with Gasteiger partial charge in [-0.3, -0.25) is 9.78 Å². The summed E-state index contributed by atoms with van der Waals surface area (Å²) in [5.41, 5.74) is 3.32. The van der Waals surface area contributed by atoms with E-state index in [0.29, 0.717) is 19.0 Å². The lowest BCUT2D eigenvalue weighted by Gasteiger charge is -2.24. The molecule has 2 aromatic rings. The van der Waals surface area contributed by atoms with Gasteiger partial charge in [0.1, 0.15) is 0 Å². The standard InChI is InChI=1S/C19H22N2O/c1-14(2)11-17(15-7-4-3-5-8-15)19(22)21-12-16-9-6-10-20-18(16)13-21/h3-10,14,17H,11-13H2,1-2H3. The van der Waals surface area contributed by atoms with Crippen LogP contribution >= 0.6 is 0 Å². The van der Waals surface area contributed by atoms with Crippen molar-refractivity contribution in [1.29, 1.82) is 0 Å². The summed E-state index contributed by atoms with van der Waals surface area (Å²) in [6, 6.07) is 14.1. The third kappa shape index (κ3) is 3.03. The van der Waals surface area contributed by atoms with Crippen LogP contribution < -0.4 is 0 Å². The number of aromatic nitrogens is 1. The summed E-state index contributed by atoms with van der Waals surface area (Å²) in [6.45, 7) is 5.66. The molecule has 0 fully saturated rings. The van der Waals surface area contributed by atoms with Gasteiger partial charge in [0.15, 0.2) is 0 Å². The van der Waals surface area contributed by atoms with E-state index in [1.165, 1.54) is 5.56 Å². The molecule has 1 aromatic heterocycles. The number of hydrogen-bond donors (Lipinski definition) is 0. The number of carbonyl (C=O) groups excluding carboxylic acids is 1. The highest BCUT2D eigenvalue weighted by atomic mass is 16.2. The third-order valence-corrected chi connectivity index (χ3v) is 4.21. The van der Waals surface area contributed by atoms with E-state index in [4.69, 9.17) is 0 Å². The largest absolute Gasteiger partial charge is 0.332 e. The molecule has 0 N–H and O–H groups in total. The van der Waals surface area contributed by atoms with Crippen molar-refractivity contribution in [2.45, 2.75) is 39.3 Å². The van der Waals surface area contributed by atoms with Crippen LogP contribution in [0.25, 0.3) is 0 Å². The molecule has 114 valence electrons. The van der Waals surface area contributed by atoms with Crippen molar-refractivity contribution in [3.63, 3.8) is 0 Å². The maximum atomic E-state index is 13.0. The topological polar surface area (TPSA) is 33.2 Å². The minimum atomic E-state index is -0.0597. The Morgan fingerprint density at radius 1 is 1.14 bits per heavy atom. The predicted molar refractivity (Wildman–Crippen MR) is 87.1 cm³/mol. The summed E-state index contributed by atoms with van der Waals surface area (Å²) >= 11 is 0. The second-order valence-electron chi connectivity index (χ2n) is 6.40. The molecular weight excluding hydrogens is 272 g/mol. The lowest BCUT2D eigenvalue weighted by Crippen LogP contribution is -2.31. The molecule has 3 nitrogen and oxygen atoms in total. The Balaban J connectivity index is 1.82. The lowest BCUT2D eigenvalue weighted by atomic mass is 9.89. The molecule has 2 heterocycles. The summed E-state index contributed by atoms with van der Waals surface area (Å²) < 4.78 is 0. The first-order valence-electron chi connectivity index (χ1n) is 7.91. The third-order valence-electron chi connectivity index (χ3n) is 4.21. The van der Waals surface area contributed by atoms with Gasteiger partial charge in [-0.1, -0.05) is 50.2 Å². The van der Waals surface area contributed by atoms with E-state index >= 15 is 0 Å². The molecule has 0 bridgehead atoms. The zero-order chi connectivity index (χ0) is 15.5. The van der Waals surface area contributed by atoms with E-state index in [0.717, 1.165) is 17.7 Å². The molecule has 1 amide bonds. The number of rotatable bonds is 4. The van der Waals surface area contributed by atoms with Crippen LogP contribution in [0.4, 0.5) is 0 Å². The summed E-state index contributed by atoms with van der Waals surface area (Å²) in [6.07, 6.45) is 2.68. The van der Waals surface area contributed by atoms with Crippen LogP contribution in [0.3, 0.4) is 0 Å². The highest BCUT2D eigenvalue weighted by Crippen LogP contribution is 2.30. The fourth-order valence-corrected chi connectivity index (χ4v) is 3.11. The van der Waals surface area contributed by atoms with Gasteiger partial charge < -0.3 is 4.90 Å². The molecule has 1 aliphatic rings. The van der Waals surface area contributed by atoms with E-state index in [-0.39, 0.29) is 11.8 Å². The van der Waals surface area contributed by atoms with Gasteiger partial charge in [-0.25, -0.2) is 0 Å². The zero-order valence-electron chi connectivity index (χ0n) is 13.2. The van der Waals surface area contributed by atoms with Gasteiger partial charge in [-0.05, 0) is 29.5 Å². The van der Waals surface area contributed by atoms with Gasteiger partial charge in [0.05, 0.1) is 18.2 Å². The van der Waals surface area contributed by atoms with Crippen molar-refractivity contribution in [2.24, 2.45) is 5.92 Å². The number of benzene rings is 1. The summed E-state index contributed by atoms with van der Waals surface area (Å²) in [5.74, 6) is 0.644. The molecule has 0 spiro atoms. The van der Waals surface area contributed by atoms with Crippen LogP contribution in [0.1, 0.15) is 43.0 Å². The van der Waals surface area contributed by atoms with Crippen LogP contribution in [0.15, 0.2) is 48.7 Å². The molecule has 3 rings (SSSR count). The number of amides is 1. The van der Waals surface area contributed by atoms with Gasteiger partial charge in [0.25, 0.3) is 0 Å². The van der Waals surface area contributed by atoms with Crippen LogP contribution in [0.2, 0.25) is 0 Å². The molecule has 1 atom stereocenters. The van der Waals surface area contributed by atoms with Crippen LogP contribution in [-0.4, -0.2) is 15.8 Å². The Hall–Kier alpha value is -2.16. The Morgan fingerprint density at radius 2 is 1.91 bits per heavy atom. The Morgan fingerprint density at radius 3 is 2.59 bits per heavy atom. The number of fused-ring (bicyclic) bond motifs is 1. The fraction of sp³-hybridized carbons (Fsp3) is 0.368. The lowest BCUT2D eigenvalue weighted by molar-refractivity contribution is -0.133. The van der Waals surface area contributed by atoms with Gasteiger partial charge in [-0.2, -0.15) is 0 Å². The van der Waals surface area contributed by atoms with E-state index in [1.54, 1.807) is 6.20 Å². The minimum Gasteiger partial charge on any atom is -0.332 e. The van der Waals surface area contributed by atoms with Crippen LogP contribution in [-0.2, 0) is 17.9 Å². The predicted octanol–water partition coefficient (Wildman–Crippen LogP) is 3.75. The van der Waals surface area contributed by atoms with Crippen molar-refractivity contribution in [2.75, 3.05) is 0 Å². The van der Waals surface area contributed by atoms with Crippen molar-refractivity contribution in [3.05, 3.63) is 65.5 Å². The van der Waals surface area contributed by atoms with Gasteiger partial charge in [-0.15, -0.1) is 0 Å². The Labute approximate surface area is 132 Å². The number of nitrogens with zero attached hydrogens (tertiary/aromatic N) is 2. The first-order chi connectivity index (χ1) is 10.6. The van der Waals surface area contributed by atoms with E-state index < -0.39 is 0 Å². The summed E-state index contributed by atoms with van der Waals surface area (Å²) in [4.78, 5) is 19.4. The quantitative estimate of drug-likeness (QED) is 0.860. The average Bonchev–Trinajstić information content (AvgIpc) is 2.96. The monoisotopic (exact) mass is 294 g/mol. The molecule has 1 unspecified atom stereocenters. The van der Waals surface area contributed by atoms with Gasteiger partial charge in [0, 0.05) is 12.7 Å². The van der Waals surface area contributed by atoms with Crippen molar-refractivity contribution < 1.29 is 4.79 Å². The number of pyridine rings is 1. The average molecular weight is 294 g/mol. The molecule has 1 aliphatic heterocycles. The van der Waals surface area contributed by atoms with E-state index in [1.807, 2.05) is 29.2 Å². The van der Waals surface area contributed by atoms with Crippen molar-refractivity contribution in [3.8, 4) is 0 Å². The van der Waals surface area contributed by atoms with Crippen LogP contribution in [0.5, 0.6) is 0 Å². The second-order valence-corrected chi connectivity index (χ2v) is 6.40. The van der Waals surface area contributed by atoms with E-state index in [9.17, 15) is 4.79 Å². The first-order valence-corrected chi connectivity index (χ1v) is 7.91. The van der Waals surface area contributed by atoms with Crippen LogP contribution in [0, 0.1) is 5.92 Å². The smallest absolute Gasteiger partial charge is 0.230 e. The summed E-state index contributed by atoms with van der Waals surface area (Å²) in [5, 5.41) is 0. The molecule has 0 aliphatic carbocycles. The summed E-state index contributed by atoms with van der Waals surface area (Å²) in [7, 11) is 0. The van der Waals surface area contributed by atoms with Crippen molar-refractivity contribution in [1.82, 2.24) is 9.88 Å². The maximum absolute atomic E-state index is 13.0. The molecule has 0 saturated heterocycles. The van der Waals surface area contributed by atoms with Gasteiger partial charge >= 0.3 is 0 Å². The number of carbonyl (C=O) groups is 1. The zero-order valence-corrected chi connectivity index (χ0v) is 13.2. The Bertz CT molecular complexity index is 626. The fourth-order valence-electron chi connectivity index (χ4n) is 3.11. The SMILES string of the molecule is CC(C)CC(C(=O)N1Cc2cccnc2C1)c1ccccc1. The minimum absolute atomic E-state index is 0.0597. The molecular formula is C19H22N2O. The molecule has 0 saturated carbocycles. The van der Waals surface area contributed by atoms with E-state index in [2.05, 4.69) is 37.0 Å². The normalized spacial score (nSPS) is 15.0. The Kier molecular flexibility index (Phi) is 4.23. The molecule has 0 radical (unpaired) electrons.